The van der Waals surface area contributed by atoms with Crippen molar-refractivity contribution in [3.8, 4) is 5.75 Å². The molecule has 1 aromatic carbocycles. The van der Waals surface area contributed by atoms with E-state index in [0.29, 0.717) is 11.8 Å². The number of nitrogens with zero attached hydrogens (tertiary/aromatic N) is 2. The monoisotopic (exact) mass is 329 g/mol. The van der Waals surface area contributed by atoms with E-state index >= 15 is 0 Å². The van der Waals surface area contributed by atoms with Gasteiger partial charge in [0.25, 0.3) is 0 Å². The molecule has 0 aliphatic carbocycles. The van der Waals surface area contributed by atoms with Crippen LogP contribution in [0.25, 0.3) is 0 Å². The molecule has 2 aliphatic rings. The molecule has 1 N–H and O–H groups in total. The third-order valence-corrected chi connectivity index (χ3v) is 4.58. The Morgan fingerprint density at radius 2 is 2.05 bits per heavy atom. The van der Waals surface area contributed by atoms with Gasteiger partial charge in [-0.3, -0.25) is 9.80 Å². The predicted molar refractivity (Wildman–Crippen MR) is 88.3 cm³/mol. The molecule has 124 valence electrons. The smallest absolute Gasteiger partial charge is 0.165 e. The normalized spacial score (nSPS) is 23.3. The highest BCUT2D eigenvalue weighted by Gasteiger charge is 2.25. The Morgan fingerprint density at radius 3 is 2.64 bits per heavy atom. The molecular weight excluding hydrogens is 305 g/mol. The largest absolute Gasteiger partial charge is 0.494 e. The summed E-state index contributed by atoms with van der Waals surface area (Å²) in [6.07, 6.45) is 1.27. The highest BCUT2D eigenvalue weighted by atomic mass is 35.5. The van der Waals surface area contributed by atoms with E-state index < -0.39 is 0 Å². The molecule has 0 saturated carbocycles. The van der Waals surface area contributed by atoms with E-state index in [1.807, 2.05) is 6.07 Å². The molecule has 0 radical (unpaired) electrons. The van der Waals surface area contributed by atoms with Crippen molar-refractivity contribution in [1.82, 2.24) is 15.1 Å². The summed E-state index contributed by atoms with van der Waals surface area (Å²) < 4.78 is 18.7. The lowest BCUT2D eigenvalue weighted by Gasteiger charge is -2.37. The second kappa shape index (κ2) is 8.11. The number of benzene rings is 1. The van der Waals surface area contributed by atoms with E-state index in [4.69, 9.17) is 4.74 Å². The molecule has 2 saturated heterocycles. The van der Waals surface area contributed by atoms with Crippen molar-refractivity contribution in [1.29, 1.82) is 0 Å². The van der Waals surface area contributed by atoms with Crippen LogP contribution >= 0.6 is 12.4 Å². The topological polar surface area (TPSA) is 27.7 Å². The number of hydrogen-bond donors (Lipinski definition) is 1. The highest BCUT2D eigenvalue weighted by Crippen LogP contribution is 2.19. The molecule has 1 atom stereocenters. The van der Waals surface area contributed by atoms with Crippen LogP contribution in [0, 0.1) is 5.82 Å². The van der Waals surface area contributed by atoms with Crippen LogP contribution in [0.4, 0.5) is 4.39 Å². The van der Waals surface area contributed by atoms with Crippen LogP contribution in [-0.2, 0) is 6.54 Å². The maximum Gasteiger partial charge on any atom is 0.165 e. The van der Waals surface area contributed by atoms with Crippen molar-refractivity contribution < 1.29 is 9.13 Å². The Kier molecular flexibility index (Phi) is 6.44. The standard InChI is InChI=1S/C16H24FN3O.ClH/c1-21-16-3-2-13(10-15(16)17)12-19-6-8-20(9-7-19)14-4-5-18-11-14;/h2-3,10,14,18H,4-9,11-12H2,1H3;1H. The molecule has 0 aromatic heterocycles. The van der Waals surface area contributed by atoms with Crippen LogP contribution in [0.15, 0.2) is 18.2 Å². The van der Waals surface area contributed by atoms with Crippen molar-refractivity contribution in [2.45, 2.75) is 19.0 Å². The lowest BCUT2D eigenvalue weighted by Crippen LogP contribution is -2.50. The van der Waals surface area contributed by atoms with E-state index in [-0.39, 0.29) is 18.2 Å². The Bertz CT molecular complexity index is 474. The summed E-state index contributed by atoms with van der Waals surface area (Å²) in [6.45, 7) is 7.45. The van der Waals surface area contributed by atoms with Gasteiger partial charge in [0, 0.05) is 45.3 Å². The van der Waals surface area contributed by atoms with E-state index in [1.165, 1.54) is 13.5 Å². The van der Waals surface area contributed by atoms with Crippen LogP contribution in [-0.4, -0.2) is 62.2 Å². The second-order valence-electron chi connectivity index (χ2n) is 5.93. The first kappa shape index (κ1) is 17.5. The van der Waals surface area contributed by atoms with Gasteiger partial charge in [-0.15, -0.1) is 12.4 Å². The molecule has 4 nitrogen and oxygen atoms in total. The molecule has 2 fully saturated rings. The zero-order valence-corrected chi connectivity index (χ0v) is 13.9. The minimum Gasteiger partial charge on any atom is -0.494 e. The molecule has 0 bridgehead atoms. The minimum atomic E-state index is -0.273. The van der Waals surface area contributed by atoms with Crippen molar-refractivity contribution in [2.24, 2.45) is 0 Å². The molecule has 22 heavy (non-hydrogen) atoms. The fraction of sp³-hybridized carbons (Fsp3) is 0.625. The average molecular weight is 330 g/mol. The predicted octanol–water partition coefficient (Wildman–Crippen LogP) is 1.74. The molecule has 0 spiro atoms. The van der Waals surface area contributed by atoms with Gasteiger partial charge >= 0.3 is 0 Å². The number of hydrogen-bond acceptors (Lipinski definition) is 4. The Hall–Kier alpha value is -0.880. The van der Waals surface area contributed by atoms with Gasteiger partial charge in [-0.05, 0) is 30.7 Å². The molecule has 2 heterocycles. The summed E-state index contributed by atoms with van der Waals surface area (Å²) in [5, 5.41) is 3.43. The summed E-state index contributed by atoms with van der Waals surface area (Å²) in [6, 6.07) is 5.97. The SMILES string of the molecule is COc1ccc(CN2CCN(C3CCNC3)CC2)cc1F.Cl. The van der Waals surface area contributed by atoms with Crippen molar-refractivity contribution in [2.75, 3.05) is 46.4 Å². The summed E-state index contributed by atoms with van der Waals surface area (Å²) in [5.74, 6) is 0.0444. The summed E-state index contributed by atoms with van der Waals surface area (Å²) >= 11 is 0. The number of piperazine rings is 1. The van der Waals surface area contributed by atoms with Crippen LogP contribution in [0.5, 0.6) is 5.75 Å². The van der Waals surface area contributed by atoms with Gasteiger partial charge in [-0.2, -0.15) is 0 Å². The Labute approximate surface area is 138 Å². The molecule has 1 aromatic rings. The van der Waals surface area contributed by atoms with Gasteiger partial charge in [0.05, 0.1) is 7.11 Å². The lowest BCUT2D eigenvalue weighted by atomic mass is 10.1. The zero-order valence-electron chi connectivity index (χ0n) is 13.1. The van der Waals surface area contributed by atoms with Gasteiger partial charge in [-0.25, -0.2) is 4.39 Å². The first-order valence-electron chi connectivity index (χ1n) is 7.76. The molecule has 2 aliphatic heterocycles. The molecular formula is C16H25ClFN3O. The van der Waals surface area contributed by atoms with Gasteiger partial charge in [0.1, 0.15) is 0 Å². The molecule has 3 rings (SSSR count). The highest BCUT2D eigenvalue weighted by molar-refractivity contribution is 5.85. The van der Waals surface area contributed by atoms with Crippen molar-refractivity contribution in [3.05, 3.63) is 29.6 Å². The quantitative estimate of drug-likeness (QED) is 0.910. The van der Waals surface area contributed by atoms with E-state index in [0.717, 1.165) is 51.4 Å². The summed E-state index contributed by atoms with van der Waals surface area (Å²) in [4.78, 5) is 4.99. The fourth-order valence-electron chi connectivity index (χ4n) is 3.30. The van der Waals surface area contributed by atoms with Gasteiger partial charge < -0.3 is 10.1 Å². The Balaban J connectivity index is 0.00000176. The third kappa shape index (κ3) is 4.10. The van der Waals surface area contributed by atoms with Crippen molar-refractivity contribution >= 4 is 12.4 Å². The Morgan fingerprint density at radius 1 is 1.27 bits per heavy atom. The number of methoxy groups -OCH3 is 1. The maximum absolute atomic E-state index is 13.7. The van der Waals surface area contributed by atoms with Gasteiger partial charge in [-0.1, -0.05) is 6.07 Å². The number of halogens is 2. The molecule has 6 heteroatoms. The number of nitrogens with one attached hydrogen (secondary N) is 1. The number of ether oxygens (including phenoxy) is 1. The van der Waals surface area contributed by atoms with Crippen LogP contribution in [0.3, 0.4) is 0 Å². The number of rotatable bonds is 4. The maximum atomic E-state index is 13.7. The van der Waals surface area contributed by atoms with E-state index in [1.54, 1.807) is 12.1 Å². The average Bonchev–Trinajstić information content (AvgIpc) is 3.02. The van der Waals surface area contributed by atoms with Gasteiger partial charge in [0.2, 0.25) is 0 Å². The zero-order chi connectivity index (χ0) is 14.7. The first-order valence-corrected chi connectivity index (χ1v) is 7.76. The fourth-order valence-corrected chi connectivity index (χ4v) is 3.30. The molecule has 0 amide bonds. The first-order chi connectivity index (χ1) is 10.3. The summed E-state index contributed by atoms with van der Waals surface area (Å²) in [7, 11) is 1.50. The van der Waals surface area contributed by atoms with E-state index in [9.17, 15) is 4.39 Å². The van der Waals surface area contributed by atoms with Crippen molar-refractivity contribution in [3.63, 3.8) is 0 Å². The van der Waals surface area contributed by atoms with E-state index in [2.05, 4.69) is 15.1 Å². The third-order valence-electron chi connectivity index (χ3n) is 4.58. The van der Waals surface area contributed by atoms with Crippen LogP contribution in [0.2, 0.25) is 0 Å². The second-order valence-corrected chi connectivity index (χ2v) is 5.93. The summed E-state index contributed by atoms with van der Waals surface area (Å²) in [5.41, 5.74) is 1.02. The molecule has 1 unspecified atom stereocenters. The lowest BCUT2D eigenvalue weighted by molar-refractivity contribution is 0.0980. The van der Waals surface area contributed by atoms with Crippen LogP contribution in [0.1, 0.15) is 12.0 Å². The van der Waals surface area contributed by atoms with Gasteiger partial charge in [0.15, 0.2) is 11.6 Å². The minimum absolute atomic E-state index is 0. The van der Waals surface area contributed by atoms with Crippen LogP contribution < -0.4 is 10.1 Å².